The molecular formula is C21H33IN4OS. The van der Waals surface area contributed by atoms with Crippen LogP contribution in [0.15, 0.2) is 46.1 Å². The van der Waals surface area contributed by atoms with Gasteiger partial charge in [-0.15, -0.1) is 24.0 Å². The number of ether oxygens (including phenoxy) is 1. The van der Waals surface area contributed by atoms with E-state index in [2.05, 4.69) is 70.5 Å². The van der Waals surface area contributed by atoms with Crippen LogP contribution in [0.2, 0.25) is 0 Å². The number of rotatable bonds is 10. The minimum Gasteiger partial charge on any atom is -0.494 e. The molecule has 0 saturated heterocycles. The van der Waals surface area contributed by atoms with Gasteiger partial charge in [0.1, 0.15) is 5.75 Å². The zero-order chi connectivity index (χ0) is 19.5. The Kier molecular flexibility index (Phi) is 12.2. The first kappa shape index (κ1) is 24.7. The summed E-state index contributed by atoms with van der Waals surface area (Å²) in [5.74, 6) is 2.20. The molecule has 0 saturated carbocycles. The number of aliphatic imine (C=N–C) groups is 1. The van der Waals surface area contributed by atoms with E-state index in [0.29, 0.717) is 5.92 Å². The molecule has 0 aliphatic rings. The lowest BCUT2D eigenvalue weighted by Gasteiger charge is -2.15. The van der Waals surface area contributed by atoms with E-state index in [0.717, 1.165) is 44.4 Å². The third-order valence-corrected chi connectivity index (χ3v) is 5.01. The van der Waals surface area contributed by atoms with Crippen LogP contribution in [0.3, 0.4) is 0 Å². The van der Waals surface area contributed by atoms with Crippen LogP contribution >= 0.6 is 35.3 Å². The van der Waals surface area contributed by atoms with E-state index in [1.807, 2.05) is 12.1 Å². The predicted molar refractivity (Wildman–Crippen MR) is 131 cm³/mol. The van der Waals surface area contributed by atoms with E-state index in [1.165, 1.54) is 11.1 Å². The third kappa shape index (κ3) is 9.25. The van der Waals surface area contributed by atoms with Crippen molar-refractivity contribution >= 4 is 41.3 Å². The topological polar surface area (TPSA) is 48.9 Å². The van der Waals surface area contributed by atoms with Crippen molar-refractivity contribution in [3.8, 4) is 5.75 Å². The second-order valence-electron chi connectivity index (χ2n) is 6.91. The summed E-state index contributed by atoms with van der Waals surface area (Å²) in [5, 5.41) is 11.1. The molecular weight excluding hydrogens is 483 g/mol. The van der Waals surface area contributed by atoms with Gasteiger partial charge in [0.05, 0.1) is 6.61 Å². The Balaban J connectivity index is 0.00000392. The molecule has 7 heteroatoms. The summed E-state index contributed by atoms with van der Waals surface area (Å²) >= 11 is 1.74. The van der Waals surface area contributed by atoms with Crippen molar-refractivity contribution in [3.63, 3.8) is 0 Å². The van der Waals surface area contributed by atoms with Gasteiger partial charge in [-0.3, -0.25) is 4.99 Å². The number of halogens is 1. The van der Waals surface area contributed by atoms with Crippen LogP contribution in [0, 0.1) is 0 Å². The molecule has 156 valence electrons. The zero-order valence-corrected chi connectivity index (χ0v) is 20.4. The van der Waals surface area contributed by atoms with Crippen LogP contribution in [0.1, 0.15) is 30.4 Å². The molecule has 1 aromatic heterocycles. The number of nitrogens with one attached hydrogen (secondary N) is 2. The van der Waals surface area contributed by atoms with E-state index in [-0.39, 0.29) is 24.0 Å². The summed E-state index contributed by atoms with van der Waals surface area (Å²) in [4.78, 5) is 6.47. The van der Waals surface area contributed by atoms with Gasteiger partial charge in [-0.25, -0.2) is 0 Å². The van der Waals surface area contributed by atoms with Gasteiger partial charge in [0.25, 0.3) is 0 Å². The second-order valence-corrected chi connectivity index (χ2v) is 7.69. The molecule has 1 atom stereocenters. The Hall–Kier alpha value is -1.32. The average molecular weight is 516 g/mol. The molecule has 2 rings (SSSR count). The molecule has 0 spiro atoms. The minimum atomic E-state index is 0. The molecule has 0 fully saturated rings. The molecule has 1 unspecified atom stereocenters. The Bertz CT molecular complexity index is 674. The molecule has 5 nitrogen and oxygen atoms in total. The fraction of sp³-hybridized carbons (Fsp3) is 0.476. The lowest BCUT2D eigenvalue weighted by molar-refractivity contribution is 0.281. The molecule has 28 heavy (non-hydrogen) atoms. The van der Waals surface area contributed by atoms with Crippen molar-refractivity contribution in [2.45, 2.75) is 25.8 Å². The summed E-state index contributed by atoms with van der Waals surface area (Å²) in [5.41, 5.74) is 2.56. The van der Waals surface area contributed by atoms with Crippen molar-refractivity contribution in [2.75, 3.05) is 40.8 Å². The average Bonchev–Trinajstić information content (AvgIpc) is 3.21. The van der Waals surface area contributed by atoms with Crippen molar-refractivity contribution in [1.29, 1.82) is 0 Å². The Morgan fingerprint density at radius 1 is 1.18 bits per heavy atom. The van der Waals surface area contributed by atoms with Gasteiger partial charge in [-0.1, -0.05) is 19.1 Å². The monoisotopic (exact) mass is 516 g/mol. The molecule has 0 aliphatic carbocycles. The molecule has 0 bridgehead atoms. The molecule has 0 aliphatic heterocycles. The molecule has 1 aromatic carbocycles. The third-order valence-electron chi connectivity index (χ3n) is 4.31. The number of nitrogens with zero attached hydrogens (tertiary/aromatic N) is 2. The van der Waals surface area contributed by atoms with Crippen LogP contribution in [-0.4, -0.2) is 51.7 Å². The highest BCUT2D eigenvalue weighted by Gasteiger charge is 2.07. The first-order valence-electron chi connectivity index (χ1n) is 9.41. The molecule has 0 radical (unpaired) electrons. The number of guanidine groups is 1. The maximum atomic E-state index is 5.78. The Morgan fingerprint density at radius 3 is 2.54 bits per heavy atom. The van der Waals surface area contributed by atoms with E-state index >= 15 is 0 Å². The smallest absolute Gasteiger partial charge is 0.191 e. The maximum Gasteiger partial charge on any atom is 0.191 e. The highest BCUT2D eigenvalue weighted by Crippen LogP contribution is 2.17. The van der Waals surface area contributed by atoms with Gasteiger partial charge in [-0.2, -0.15) is 11.3 Å². The standard InChI is InChI=1S/C21H32N4OS.HI/c1-17(19-10-13-27-16-19)14-23-21(22-2)24-15-18-6-8-20(9-7-18)26-12-5-11-25(3)4;/h6-10,13,16-17H,5,11-12,14-15H2,1-4H3,(H2,22,23,24);1H. The predicted octanol–water partition coefficient (Wildman–Crippen LogP) is 4.17. The quantitative estimate of drug-likeness (QED) is 0.216. The number of thiophene rings is 1. The Labute approximate surface area is 190 Å². The fourth-order valence-electron chi connectivity index (χ4n) is 2.60. The highest BCUT2D eigenvalue weighted by molar-refractivity contribution is 14.0. The molecule has 0 amide bonds. The summed E-state index contributed by atoms with van der Waals surface area (Å²) in [7, 11) is 5.95. The van der Waals surface area contributed by atoms with Gasteiger partial charge < -0.3 is 20.3 Å². The van der Waals surface area contributed by atoms with Gasteiger partial charge in [0.15, 0.2) is 5.96 Å². The largest absolute Gasteiger partial charge is 0.494 e. The summed E-state index contributed by atoms with van der Waals surface area (Å²) < 4.78 is 5.78. The Morgan fingerprint density at radius 2 is 1.93 bits per heavy atom. The van der Waals surface area contributed by atoms with Gasteiger partial charge >= 0.3 is 0 Å². The number of hydrogen-bond acceptors (Lipinski definition) is 4. The van der Waals surface area contributed by atoms with E-state index in [1.54, 1.807) is 18.4 Å². The van der Waals surface area contributed by atoms with Crippen molar-refractivity contribution in [3.05, 3.63) is 52.2 Å². The first-order chi connectivity index (χ1) is 13.1. The van der Waals surface area contributed by atoms with E-state index in [9.17, 15) is 0 Å². The summed E-state index contributed by atoms with van der Waals surface area (Å²) in [6.45, 7) is 5.59. The van der Waals surface area contributed by atoms with Crippen LogP contribution in [0.4, 0.5) is 0 Å². The number of benzene rings is 1. The second kappa shape index (κ2) is 13.8. The van der Waals surface area contributed by atoms with Crippen molar-refractivity contribution in [1.82, 2.24) is 15.5 Å². The van der Waals surface area contributed by atoms with Crippen LogP contribution in [-0.2, 0) is 6.54 Å². The maximum absolute atomic E-state index is 5.78. The van der Waals surface area contributed by atoms with Gasteiger partial charge in [0.2, 0.25) is 0 Å². The van der Waals surface area contributed by atoms with E-state index < -0.39 is 0 Å². The molecule has 2 aromatic rings. The van der Waals surface area contributed by atoms with Gasteiger partial charge in [0, 0.05) is 26.7 Å². The van der Waals surface area contributed by atoms with Crippen LogP contribution < -0.4 is 15.4 Å². The zero-order valence-electron chi connectivity index (χ0n) is 17.3. The lowest BCUT2D eigenvalue weighted by Crippen LogP contribution is -2.38. The highest BCUT2D eigenvalue weighted by atomic mass is 127. The molecule has 1 heterocycles. The van der Waals surface area contributed by atoms with Gasteiger partial charge in [-0.05, 0) is 66.5 Å². The SMILES string of the molecule is CN=C(NCc1ccc(OCCCN(C)C)cc1)NCC(C)c1ccsc1.I. The van der Waals surface area contributed by atoms with Crippen molar-refractivity contribution in [2.24, 2.45) is 4.99 Å². The summed E-state index contributed by atoms with van der Waals surface area (Å²) in [6.07, 6.45) is 1.03. The normalized spacial score (nSPS) is 12.4. The fourth-order valence-corrected chi connectivity index (χ4v) is 3.39. The molecule has 2 N–H and O–H groups in total. The van der Waals surface area contributed by atoms with Crippen LogP contribution in [0.5, 0.6) is 5.75 Å². The first-order valence-corrected chi connectivity index (χ1v) is 10.4. The van der Waals surface area contributed by atoms with Crippen LogP contribution in [0.25, 0.3) is 0 Å². The van der Waals surface area contributed by atoms with E-state index in [4.69, 9.17) is 4.74 Å². The van der Waals surface area contributed by atoms with Crippen molar-refractivity contribution < 1.29 is 4.74 Å². The summed E-state index contributed by atoms with van der Waals surface area (Å²) in [6, 6.07) is 10.4. The minimum absolute atomic E-state index is 0. The number of hydrogen-bond donors (Lipinski definition) is 2. The lowest BCUT2D eigenvalue weighted by atomic mass is 10.1.